The quantitative estimate of drug-likeness (QED) is 0.103. The second-order valence-electron chi connectivity index (χ2n) is 8.31. The van der Waals surface area contributed by atoms with Crippen LogP contribution in [-0.2, 0) is 9.54 Å². The standard InChI is InChI=1S/C31H24O4S/c32-29-19-17-23-16-18-27(22-28(23)35-29)34-30(33)20-21-36-31(24-10-4-1-5-11-24,25-12-6-2-7-13-25)26-14-8-3-9-15-26/h1-19,22H,20-21H2. The number of ether oxygens (including phenoxy) is 1. The van der Waals surface area contributed by atoms with Gasteiger partial charge in [-0.25, -0.2) is 4.79 Å². The van der Waals surface area contributed by atoms with Crippen LogP contribution < -0.4 is 10.4 Å². The molecule has 0 aliphatic carbocycles. The van der Waals surface area contributed by atoms with Crippen LogP contribution in [0.4, 0.5) is 0 Å². The Labute approximate surface area is 213 Å². The molecule has 36 heavy (non-hydrogen) atoms. The minimum Gasteiger partial charge on any atom is -0.426 e. The van der Waals surface area contributed by atoms with Crippen LogP contribution in [0.25, 0.3) is 11.0 Å². The minimum absolute atomic E-state index is 0.218. The van der Waals surface area contributed by atoms with Gasteiger partial charge in [0.05, 0.1) is 11.2 Å². The molecule has 178 valence electrons. The van der Waals surface area contributed by atoms with E-state index >= 15 is 0 Å². The Morgan fingerprint density at radius 1 is 0.722 bits per heavy atom. The van der Waals surface area contributed by atoms with Crippen molar-refractivity contribution in [3.05, 3.63) is 148 Å². The van der Waals surface area contributed by atoms with Crippen LogP contribution in [0.1, 0.15) is 23.1 Å². The lowest BCUT2D eigenvalue weighted by molar-refractivity contribution is -0.133. The van der Waals surface area contributed by atoms with Gasteiger partial charge >= 0.3 is 11.6 Å². The van der Waals surface area contributed by atoms with Gasteiger partial charge in [-0.1, -0.05) is 91.0 Å². The fourth-order valence-corrected chi connectivity index (χ4v) is 5.83. The van der Waals surface area contributed by atoms with Gasteiger partial charge in [-0.2, -0.15) is 0 Å². The smallest absolute Gasteiger partial charge is 0.336 e. The summed E-state index contributed by atoms with van der Waals surface area (Å²) in [5, 5.41) is 0.767. The summed E-state index contributed by atoms with van der Waals surface area (Å²) in [6.45, 7) is 0. The Balaban J connectivity index is 1.40. The van der Waals surface area contributed by atoms with Gasteiger partial charge < -0.3 is 9.15 Å². The molecule has 0 spiro atoms. The third kappa shape index (κ3) is 4.97. The molecular weight excluding hydrogens is 468 g/mol. The van der Waals surface area contributed by atoms with Gasteiger partial charge in [-0.15, -0.1) is 11.8 Å². The Bertz CT molecular complexity index is 1420. The molecule has 4 nitrogen and oxygen atoms in total. The van der Waals surface area contributed by atoms with Crippen molar-refractivity contribution in [2.75, 3.05) is 5.75 Å². The predicted molar refractivity (Wildman–Crippen MR) is 144 cm³/mol. The van der Waals surface area contributed by atoms with Gasteiger partial charge in [-0.05, 0) is 34.9 Å². The highest BCUT2D eigenvalue weighted by Gasteiger charge is 2.36. The summed E-state index contributed by atoms with van der Waals surface area (Å²) in [7, 11) is 0. The van der Waals surface area contributed by atoms with Crippen LogP contribution in [0.5, 0.6) is 5.75 Å². The van der Waals surface area contributed by atoms with Crippen LogP contribution in [0.3, 0.4) is 0 Å². The zero-order valence-corrected chi connectivity index (χ0v) is 20.3. The Morgan fingerprint density at radius 2 is 1.25 bits per heavy atom. The van der Waals surface area contributed by atoms with E-state index < -0.39 is 10.4 Å². The van der Waals surface area contributed by atoms with E-state index in [4.69, 9.17) is 9.15 Å². The molecule has 0 saturated heterocycles. The van der Waals surface area contributed by atoms with Gasteiger partial charge in [0, 0.05) is 23.3 Å². The van der Waals surface area contributed by atoms with Gasteiger partial charge in [0.15, 0.2) is 0 Å². The van der Waals surface area contributed by atoms with E-state index in [2.05, 4.69) is 36.4 Å². The third-order valence-corrected chi connectivity index (χ3v) is 7.54. The molecule has 0 fully saturated rings. The lowest BCUT2D eigenvalue weighted by Crippen LogP contribution is -2.26. The lowest BCUT2D eigenvalue weighted by Gasteiger charge is -2.35. The summed E-state index contributed by atoms with van der Waals surface area (Å²) in [6, 6.07) is 39.2. The molecule has 0 radical (unpaired) electrons. The second-order valence-corrected chi connectivity index (χ2v) is 9.62. The molecule has 0 atom stereocenters. The van der Waals surface area contributed by atoms with Crippen molar-refractivity contribution in [2.45, 2.75) is 11.2 Å². The summed E-state index contributed by atoms with van der Waals surface area (Å²) >= 11 is 1.71. The molecule has 0 unspecified atom stereocenters. The molecular formula is C31H24O4S. The highest BCUT2D eigenvalue weighted by atomic mass is 32.2. The largest absolute Gasteiger partial charge is 0.426 e. The molecule has 5 heteroatoms. The van der Waals surface area contributed by atoms with E-state index in [0.29, 0.717) is 17.1 Å². The first kappa shape index (κ1) is 23.6. The normalized spacial score (nSPS) is 11.3. The van der Waals surface area contributed by atoms with Gasteiger partial charge in [0.1, 0.15) is 11.3 Å². The van der Waals surface area contributed by atoms with Crippen molar-refractivity contribution in [1.29, 1.82) is 0 Å². The number of benzene rings is 4. The van der Waals surface area contributed by atoms with E-state index in [9.17, 15) is 9.59 Å². The molecule has 1 heterocycles. The van der Waals surface area contributed by atoms with Crippen molar-refractivity contribution in [2.24, 2.45) is 0 Å². The predicted octanol–water partition coefficient (Wildman–Crippen LogP) is 6.81. The SMILES string of the molecule is O=C(CCSC(c1ccccc1)(c1ccccc1)c1ccccc1)Oc1ccc2ccc(=O)oc2c1. The van der Waals surface area contributed by atoms with Crippen molar-refractivity contribution in [3.8, 4) is 5.75 Å². The maximum Gasteiger partial charge on any atom is 0.336 e. The Kier molecular flexibility index (Phi) is 7.01. The minimum atomic E-state index is -0.490. The van der Waals surface area contributed by atoms with Crippen molar-refractivity contribution >= 4 is 28.7 Å². The molecule has 0 bridgehead atoms. The molecule has 5 rings (SSSR count). The van der Waals surface area contributed by atoms with Crippen molar-refractivity contribution in [1.82, 2.24) is 0 Å². The van der Waals surface area contributed by atoms with Crippen LogP contribution in [-0.4, -0.2) is 11.7 Å². The number of esters is 1. The van der Waals surface area contributed by atoms with E-state index in [0.717, 1.165) is 22.1 Å². The van der Waals surface area contributed by atoms with E-state index in [-0.39, 0.29) is 12.4 Å². The number of thioether (sulfide) groups is 1. The highest BCUT2D eigenvalue weighted by molar-refractivity contribution is 8.00. The number of fused-ring (bicyclic) bond motifs is 1. The average Bonchev–Trinajstić information content (AvgIpc) is 2.92. The maximum atomic E-state index is 12.8. The summed E-state index contributed by atoms with van der Waals surface area (Å²) in [5.41, 5.74) is 3.38. The molecule has 5 aromatic rings. The van der Waals surface area contributed by atoms with E-state index in [1.54, 1.807) is 36.0 Å². The second kappa shape index (κ2) is 10.7. The average molecular weight is 493 g/mol. The summed E-state index contributed by atoms with van der Waals surface area (Å²) < 4.78 is 10.3. The summed E-state index contributed by atoms with van der Waals surface area (Å²) in [5.74, 6) is 0.552. The van der Waals surface area contributed by atoms with E-state index in [1.807, 2.05) is 54.6 Å². The zero-order valence-electron chi connectivity index (χ0n) is 19.5. The Morgan fingerprint density at radius 3 is 1.81 bits per heavy atom. The van der Waals surface area contributed by atoms with Gasteiger partial charge in [-0.3, -0.25) is 4.79 Å². The summed E-state index contributed by atoms with van der Waals surface area (Å²) in [4.78, 5) is 24.3. The molecule has 0 amide bonds. The molecule has 0 aliphatic heterocycles. The third-order valence-electron chi connectivity index (χ3n) is 5.99. The maximum absolute atomic E-state index is 12.8. The van der Waals surface area contributed by atoms with Crippen LogP contribution >= 0.6 is 11.8 Å². The Hall–Kier alpha value is -4.09. The molecule has 0 N–H and O–H groups in total. The molecule has 1 aromatic heterocycles. The number of carbonyl (C=O) groups excluding carboxylic acids is 1. The topological polar surface area (TPSA) is 56.5 Å². The fourth-order valence-electron chi connectivity index (χ4n) is 4.34. The first-order valence-electron chi connectivity index (χ1n) is 11.7. The van der Waals surface area contributed by atoms with Crippen molar-refractivity contribution < 1.29 is 13.9 Å². The fraction of sp³-hybridized carbons (Fsp3) is 0.0968. The number of rotatable bonds is 8. The van der Waals surface area contributed by atoms with Gasteiger partial charge in [0.2, 0.25) is 0 Å². The van der Waals surface area contributed by atoms with Crippen LogP contribution in [0.2, 0.25) is 0 Å². The monoisotopic (exact) mass is 492 g/mol. The molecule has 0 aliphatic rings. The van der Waals surface area contributed by atoms with E-state index in [1.165, 1.54) is 6.07 Å². The lowest BCUT2D eigenvalue weighted by atomic mass is 9.84. The summed E-state index contributed by atoms with van der Waals surface area (Å²) in [6.07, 6.45) is 0.218. The first-order chi connectivity index (χ1) is 17.6. The molecule has 4 aromatic carbocycles. The number of hydrogen-bond acceptors (Lipinski definition) is 5. The number of hydrogen-bond donors (Lipinski definition) is 0. The first-order valence-corrected chi connectivity index (χ1v) is 12.7. The van der Waals surface area contributed by atoms with Gasteiger partial charge in [0.25, 0.3) is 0 Å². The highest BCUT2D eigenvalue weighted by Crippen LogP contribution is 2.48. The van der Waals surface area contributed by atoms with Crippen LogP contribution in [0, 0.1) is 0 Å². The van der Waals surface area contributed by atoms with Crippen LogP contribution in [0.15, 0.2) is 131 Å². The zero-order chi connectivity index (χ0) is 24.8. The number of carbonyl (C=O) groups is 1. The van der Waals surface area contributed by atoms with Crippen molar-refractivity contribution in [3.63, 3.8) is 0 Å². The molecule has 0 saturated carbocycles.